The van der Waals surface area contributed by atoms with Crippen LogP contribution in [0.15, 0.2) is 35.2 Å². The fourth-order valence-electron chi connectivity index (χ4n) is 1.65. The van der Waals surface area contributed by atoms with Crippen molar-refractivity contribution in [2.45, 2.75) is 26.2 Å². The van der Waals surface area contributed by atoms with Crippen LogP contribution in [0.5, 0.6) is 0 Å². The number of halogens is 1. The quantitative estimate of drug-likeness (QED) is 0.812. The number of aromatic nitrogens is 3. The molecule has 0 saturated carbocycles. The van der Waals surface area contributed by atoms with Gasteiger partial charge < -0.3 is 0 Å². The first kappa shape index (κ1) is 12.2. The maximum Gasteiger partial charge on any atom is 0.129 e. The molecule has 0 radical (unpaired) electrons. The summed E-state index contributed by atoms with van der Waals surface area (Å²) in [5.41, 5.74) is 2.26. The molecule has 17 heavy (non-hydrogen) atoms. The van der Waals surface area contributed by atoms with Gasteiger partial charge in [0.1, 0.15) is 10.4 Å². The van der Waals surface area contributed by atoms with E-state index in [1.807, 2.05) is 18.2 Å². The van der Waals surface area contributed by atoms with Crippen molar-refractivity contribution in [2.75, 3.05) is 0 Å². The van der Waals surface area contributed by atoms with Gasteiger partial charge in [0, 0.05) is 30.9 Å². The Morgan fingerprint density at radius 1 is 1.18 bits per heavy atom. The van der Waals surface area contributed by atoms with Crippen LogP contribution in [0.3, 0.4) is 0 Å². The van der Waals surface area contributed by atoms with Gasteiger partial charge in [-0.15, -0.1) is 0 Å². The molecular weight excluding hydrogens is 278 g/mol. The molecule has 0 aromatic carbocycles. The summed E-state index contributed by atoms with van der Waals surface area (Å²) < 4.78 is 0.861. The summed E-state index contributed by atoms with van der Waals surface area (Å²) in [6, 6.07) is 5.99. The lowest BCUT2D eigenvalue weighted by Crippen LogP contribution is -2.00. The third kappa shape index (κ3) is 3.60. The summed E-state index contributed by atoms with van der Waals surface area (Å²) in [5, 5.41) is 0. The minimum atomic E-state index is 0.820. The first-order chi connectivity index (χ1) is 8.28. The van der Waals surface area contributed by atoms with Crippen LogP contribution in [0, 0.1) is 0 Å². The van der Waals surface area contributed by atoms with Crippen molar-refractivity contribution in [1.82, 2.24) is 15.0 Å². The first-order valence-electron chi connectivity index (χ1n) is 5.69. The van der Waals surface area contributed by atoms with Gasteiger partial charge in [0.25, 0.3) is 0 Å². The molecule has 2 rings (SSSR count). The predicted octanol–water partition coefficient (Wildman–Crippen LogP) is 3.18. The SMILES string of the molecule is CCCc1nc(Br)cc(Cc2ccncc2)n1. The highest BCUT2D eigenvalue weighted by Crippen LogP contribution is 2.13. The Bertz CT molecular complexity index is 485. The Kier molecular flexibility index (Phi) is 4.20. The molecule has 0 bridgehead atoms. The average Bonchev–Trinajstić information content (AvgIpc) is 2.30. The highest BCUT2D eigenvalue weighted by Gasteiger charge is 2.03. The van der Waals surface area contributed by atoms with Gasteiger partial charge in [0.15, 0.2) is 0 Å². The maximum absolute atomic E-state index is 4.56. The number of nitrogens with zero attached hydrogens (tertiary/aromatic N) is 3. The molecule has 4 heteroatoms. The third-order valence-electron chi connectivity index (χ3n) is 2.40. The fraction of sp³-hybridized carbons (Fsp3) is 0.308. The molecule has 88 valence electrons. The van der Waals surface area contributed by atoms with E-state index in [0.29, 0.717) is 0 Å². The van der Waals surface area contributed by atoms with Gasteiger partial charge in [-0.3, -0.25) is 4.98 Å². The molecule has 0 aliphatic rings. The Hall–Kier alpha value is -1.29. The van der Waals surface area contributed by atoms with Gasteiger partial charge in [0.2, 0.25) is 0 Å². The van der Waals surface area contributed by atoms with E-state index in [-0.39, 0.29) is 0 Å². The van der Waals surface area contributed by atoms with Crippen LogP contribution >= 0.6 is 15.9 Å². The van der Waals surface area contributed by atoms with Gasteiger partial charge in [-0.1, -0.05) is 6.92 Å². The van der Waals surface area contributed by atoms with E-state index in [1.165, 1.54) is 5.56 Å². The summed E-state index contributed by atoms with van der Waals surface area (Å²) in [4.78, 5) is 12.9. The standard InChI is InChI=1S/C13H14BrN3/c1-2-3-13-16-11(9-12(14)17-13)8-10-4-6-15-7-5-10/h4-7,9H,2-3,8H2,1H3. The molecule has 2 aromatic rings. The average molecular weight is 292 g/mol. The van der Waals surface area contributed by atoms with Gasteiger partial charge in [0.05, 0.1) is 0 Å². The van der Waals surface area contributed by atoms with Crippen molar-refractivity contribution in [1.29, 1.82) is 0 Å². The molecule has 2 heterocycles. The van der Waals surface area contributed by atoms with Crippen LogP contribution in [0.1, 0.15) is 30.4 Å². The third-order valence-corrected chi connectivity index (χ3v) is 2.81. The summed E-state index contributed by atoms with van der Waals surface area (Å²) in [5.74, 6) is 0.908. The highest BCUT2D eigenvalue weighted by molar-refractivity contribution is 9.10. The molecule has 2 aromatic heterocycles. The summed E-state index contributed by atoms with van der Waals surface area (Å²) in [6.07, 6.45) is 6.41. The number of pyridine rings is 1. The molecule has 0 fully saturated rings. The Morgan fingerprint density at radius 2 is 1.94 bits per heavy atom. The zero-order chi connectivity index (χ0) is 12.1. The summed E-state index contributed by atoms with van der Waals surface area (Å²) in [7, 11) is 0. The second-order valence-electron chi connectivity index (χ2n) is 3.88. The van der Waals surface area contributed by atoms with Crippen LogP contribution in [-0.4, -0.2) is 15.0 Å². The summed E-state index contributed by atoms with van der Waals surface area (Å²) in [6.45, 7) is 2.13. The van der Waals surface area contributed by atoms with E-state index in [9.17, 15) is 0 Å². The Balaban J connectivity index is 2.21. The Labute approximate surface area is 109 Å². The van der Waals surface area contributed by atoms with Crippen LogP contribution in [-0.2, 0) is 12.8 Å². The molecule has 0 spiro atoms. The van der Waals surface area contributed by atoms with Gasteiger partial charge in [-0.05, 0) is 46.1 Å². The van der Waals surface area contributed by atoms with Crippen LogP contribution in [0.2, 0.25) is 0 Å². The monoisotopic (exact) mass is 291 g/mol. The number of hydrogen-bond acceptors (Lipinski definition) is 3. The zero-order valence-electron chi connectivity index (χ0n) is 9.73. The van der Waals surface area contributed by atoms with E-state index < -0.39 is 0 Å². The molecule has 0 saturated heterocycles. The minimum Gasteiger partial charge on any atom is -0.265 e. The second-order valence-corrected chi connectivity index (χ2v) is 4.69. The number of aryl methyl sites for hydroxylation is 1. The lowest BCUT2D eigenvalue weighted by Gasteiger charge is -2.04. The van der Waals surface area contributed by atoms with Gasteiger partial charge in [-0.25, -0.2) is 9.97 Å². The lowest BCUT2D eigenvalue weighted by atomic mass is 10.1. The molecular formula is C13H14BrN3. The maximum atomic E-state index is 4.56. The zero-order valence-corrected chi connectivity index (χ0v) is 11.3. The van der Waals surface area contributed by atoms with Crippen molar-refractivity contribution >= 4 is 15.9 Å². The van der Waals surface area contributed by atoms with Crippen LogP contribution in [0.25, 0.3) is 0 Å². The molecule has 0 aliphatic carbocycles. The van der Waals surface area contributed by atoms with E-state index in [4.69, 9.17) is 0 Å². The van der Waals surface area contributed by atoms with Crippen molar-refractivity contribution in [2.24, 2.45) is 0 Å². The molecule has 0 N–H and O–H groups in total. The molecule has 0 atom stereocenters. The normalized spacial score (nSPS) is 10.5. The first-order valence-corrected chi connectivity index (χ1v) is 6.48. The van der Waals surface area contributed by atoms with E-state index in [2.05, 4.69) is 37.8 Å². The number of rotatable bonds is 4. The molecule has 3 nitrogen and oxygen atoms in total. The molecule has 0 amide bonds. The minimum absolute atomic E-state index is 0.820. The van der Waals surface area contributed by atoms with E-state index >= 15 is 0 Å². The Morgan fingerprint density at radius 3 is 2.65 bits per heavy atom. The van der Waals surface area contributed by atoms with E-state index in [1.54, 1.807) is 12.4 Å². The van der Waals surface area contributed by atoms with Crippen molar-refractivity contribution < 1.29 is 0 Å². The summed E-state index contributed by atoms with van der Waals surface area (Å²) >= 11 is 3.43. The largest absolute Gasteiger partial charge is 0.265 e. The van der Waals surface area contributed by atoms with Crippen molar-refractivity contribution in [3.05, 3.63) is 52.3 Å². The number of hydrogen-bond donors (Lipinski definition) is 0. The van der Waals surface area contributed by atoms with Crippen molar-refractivity contribution in [3.63, 3.8) is 0 Å². The molecule has 0 aliphatic heterocycles. The van der Waals surface area contributed by atoms with Crippen LogP contribution < -0.4 is 0 Å². The van der Waals surface area contributed by atoms with Crippen molar-refractivity contribution in [3.8, 4) is 0 Å². The van der Waals surface area contributed by atoms with Gasteiger partial charge in [-0.2, -0.15) is 0 Å². The highest BCUT2D eigenvalue weighted by atomic mass is 79.9. The topological polar surface area (TPSA) is 38.7 Å². The van der Waals surface area contributed by atoms with Gasteiger partial charge >= 0.3 is 0 Å². The fourth-order valence-corrected chi connectivity index (χ4v) is 2.12. The molecule has 0 unspecified atom stereocenters. The lowest BCUT2D eigenvalue weighted by molar-refractivity contribution is 0.811. The second kappa shape index (κ2) is 5.87. The van der Waals surface area contributed by atoms with Crippen LogP contribution in [0.4, 0.5) is 0 Å². The smallest absolute Gasteiger partial charge is 0.129 e. The predicted molar refractivity (Wildman–Crippen MR) is 70.8 cm³/mol. The van der Waals surface area contributed by atoms with E-state index in [0.717, 1.165) is 35.4 Å².